The smallest absolute Gasteiger partial charge is 0.227 e. The summed E-state index contributed by atoms with van der Waals surface area (Å²) in [5.41, 5.74) is 0.706. The van der Waals surface area contributed by atoms with Crippen molar-refractivity contribution in [1.82, 2.24) is 5.32 Å². The molecule has 2 rings (SSSR count). The maximum atomic E-state index is 12.9. The van der Waals surface area contributed by atoms with Crippen LogP contribution >= 0.6 is 0 Å². The summed E-state index contributed by atoms with van der Waals surface area (Å²) in [6.07, 6.45) is 0.918. The average molecular weight is 292 g/mol. The number of nitrogens with zero attached hydrogens (tertiary/aromatic N) is 1. The number of benzene rings is 1. The lowest BCUT2D eigenvalue weighted by molar-refractivity contribution is -0.122. The Balaban J connectivity index is 1.88. The van der Waals surface area contributed by atoms with Gasteiger partial charge in [0, 0.05) is 37.5 Å². The second-order valence-electron chi connectivity index (χ2n) is 5.95. The number of nitrogens with one attached hydrogen (secondary N) is 1. The molecule has 1 N–H and O–H groups in total. The summed E-state index contributed by atoms with van der Waals surface area (Å²) in [5.74, 6) is 0.162. The lowest BCUT2D eigenvalue weighted by Gasteiger charge is -2.17. The van der Waals surface area contributed by atoms with Crippen molar-refractivity contribution in [3.05, 3.63) is 30.1 Å². The van der Waals surface area contributed by atoms with Gasteiger partial charge in [0.1, 0.15) is 5.82 Å². The van der Waals surface area contributed by atoms with Gasteiger partial charge in [-0.2, -0.15) is 0 Å². The number of hydrogen-bond acceptors (Lipinski definition) is 2. The van der Waals surface area contributed by atoms with Crippen molar-refractivity contribution < 1.29 is 14.0 Å². The highest BCUT2D eigenvalue weighted by molar-refractivity contribution is 5.95. The van der Waals surface area contributed by atoms with Crippen LogP contribution in [0.1, 0.15) is 26.7 Å². The average Bonchev–Trinajstić information content (AvgIpc) is 2.78. The van der Waals surface area contributed by atoms with Gasteiger partial charge in [-0.05, 0) is 30.2 Å². The highest BCUT2D eigenvalue weighted by atomic mass is 19.1. The Morgan fingerprint density at radius 3 is 2.67 bits per heavy atom. The summed E-state index contributed by atoms with van der Waals surface area (Å²) in [5, 5.41) is 2.88. The van der Waals surface area contributed by atoms with E-state index in [4.69, 9.17) is 0 Å². The molecule has 0 saturated carbocycles. The minimum absolute atomic E-state index is 0.0183. The largest absolute Gasteiger partial charge is 0.356 e. The molecule has 1 atom stereocenters. The Kier molecular flexibility index (Phi) is 4.94. The summed E-state index contributed by atoms with van der Waals surface area (Å²) in [7, 11) is 0. The Labute approximate surface area is 124 Å². The molecule has 0 bridgehead atoms. The summed E-state index contributed by atoms with van der Waals surface area (Å²) in [4.78, 5) is 25.3. The van der Waals surface area contributed by atoms with Gasteiger partial charge >= 0.3 is 0 Å². The quantitative estimate of drug-likeness (QED) is 0.905. The molecule has 0 radical (unpaired) electrons. The summed E-state index contributed by atoms with van der Waals surface area (Å²) in [6, 6.07) is 5.90. The molecule has 0 aliphatic carbocycles. The first-order valence-corrected chi connectivity index (χ1v) is 7.28. The zero-order chi connectivity index (χ0) is 15.4. The van der Waals surface area contributed by atoms with E-state index in [-0.39, 0.29) is 23.5 Å². The first-order valence-electron chi connectivity index (χ1n) is 7.28. The third kappa shape index (κ3) is 4.28. The first-order chi connectivity index (χ1) is 9.95. The molecule has 0 spiro atoms. The van der Waals surface area contributed by atoms with Crippen molar-refractivity contribution in [1.29, 1.82) is 0 Å². The van der Waals surface area contributed by atoms with E-state index in [1.807, 2.05) is 13.8 Å². The van der Waals surface area contributed by atoms with Gasteiger partial charge < -0.3 is 10.2 Å². The van der Waals surface area contributed by atoms with E-state index < -0.39 is 0 Å². The Bertz CT molecular complexity index is 514. The predicted octanol–water partition coefficient (Wildman–Crippen LogP) is 2.34. The maximum absolute atomic E-state index is 12.9. The van der Waals surface area contributed by atoms with Gasteiger partial charge in [-0.25, -0.2) is 4.39 Å². The van der Waals surface area contributed by atoms with Crippen molar-refractivity contribution in [2.75, 3.05) is 18.0 Å². The van der Waals surface area contributed by atoms with E-state index in [2.05, 4.69) is 5.32 Å². The van der Waals surface area contributed by atoms with Gasteiger partial charge in [-0.1, -0.05) is 13.8 Å². The molecule has 1 unspecified atom stereocenters. The van der Waals surface area contributed by atoms with Crippen LogP contribution in [0.25, 0.3) is 0 Å². The normalized spacial score (nSPS) is 18.4. The molecule has 2 amide bonds. The molecule has 114 valence electrons. The van der Waals surface area contributed by atoms with E-state index >= 15 is 0 Å². The standard InChI is InChI=1S/C16H21FN2O2/c1-11(2)7-15(20)18-9-12-8-16(21)19(10-12)14-5-3-13(17)4-6-14/h3-6,11-12H,7-10H2,1-2H3,(H,18,20). The summed E-state index contributed by atoms with van der Waals surface area (Å²) >= 11 is 0. The number of hydrogen-bond donors (Lipinski definition) is 1. The highest BCUT2D eigenvalue weighted by Crippen LogP contribution is 2.24. The number of anilines is 1. The molecular weight excluding hydrogens is 271 g/mol. The molecule has 1 aliphatic heterocycles. The number of rotatable bonds is 5. The van der Waals surface area contributed by atoms with Crippen molar-refractivity contribution in [2.24, 2.45) is 11.8 Å². The molecule has 1 aliphatic rings. The molecular formula is C16H21FN2O2. The minimum atomic E-state index is -0.317. The first kappa shape index (κ1) is 15.5. The fourth-order valence-corrected chi connectivity index (χ4v) is 2.49. The molecule has 0 aromatic heterocycles. The third-order valence-electron chi connectivity index (χ3n) is 3.52. The molecule has 5 heteroatoms. The number of carbonyl (C=O) groups excluding carboxylic acids is 2. The Hall–Kier alpha value is -1.91. The zero-order valence-corrected chi connectivity index (χ0v) is 12.4. The van der Waals surface area contributed by atoms with E-state index in [1.54, 1.807) is 17.0 Å². The SMILES string of the molecule is CC(C)CC(=O)NCC1CC(=O)N(c2ccc(F)cc2)C1. The van der Waals surface area contributed by atoms with Crippen molar-refractivity contribution >= 4 is 17.5 Å². The zero-order valence-electron chi connectivity index (χ0n) is 12.4. The van der Waals surface area contributed by atoms with E-state index in [9.17, 15) is 14.0 Å². The third-order valence-corrected chi connectivity index (χ3v) is 3.52. The molecule has 1 saturated heterocycles. The molecule has 1 heterocycles. The van der Waals surface area contributed by atoms with Crippen LogP contribution in [0, 0.1) is 17.7 Å². The second kappa shape index (κ2) is 6.70. The van der Waals surface area contributed by atoms with Crippen LogP contribution in [-0.2, 0) is 9.59 Å². The van der Waals surface area contributed by atoms with Crippen LogP contribution in [0.5, 0.6) is 0 Å². The van der Waals surface area contributed by atoms with E-state index in [1.165, 1.54) is 12.1 Å². The number of carbonyl (C=O) groups is 2. The fourth-order valence-electron chi connectivity index (χ4n) is 2.49. The lowest BCUT2D eigenvalue weighted by Crippen LogP contribution is -2.31. The molecule has 21 heavy (non-hydrogen) atoms. The number of amides is 2. The topological polar surface area (TPSA) is 49.4 Å². The predicted molar refractivity (Wildman–Crippen MR) is 79.3 cm³/mol. The van der Waals surface area contributed by atoms with Gasteiger partial charge in [-0.3, -0.25) is 9.59 Å². The molecule has 1 aromatic carbocycles. The number of halogens is 1. The van der Waals surface area contributed by atoms with Crippen LogP contribution in [0.3, 0.4) is 0 Å². The van der Waals surface area contributed by atoms with Gasteiger partial charge in [0.25, 0.3) is 0 Å². The molecule has 4 nitrogen and oxygen atoms in total. The van der Waals surface area contributed by atoms with Gasteiger partial charge in [0.2, 0.25) is 11.8 Å². The summed E-state index contributed by atoms with van der Waals surface area (Å²) < 4.78 is 12.9. The fraction of sp³-hybridized carbons (Fsp3) is 0.500. The van der Waals surface area contributed by atoms with Crippen LogP contribution in [0.2, 0.25) is 0 Å². The Morgan fingerprint density at radius 1 is 1.38 bits per heavy atom. The van der Waals surface area contributed by atoms with E-state index in [0.717, 1.165) is 0 Å². The minimum Gasteiger partial charge on any atom is -0.356 e. The lowest BCUT2D eigenvalue weighted by atomic mass is 10.1. The van der Waals surface area contributed by atoms with Crippen LogP contribution in [-0.4, -0.2) is 24.9 Å². The molecule has 1 aromatic rings. The van der Waals surface area contributed by atoms with Crippen LogP contribution in [0.15, 0.2) is 24.3 Å². The van der Waals surface area contributed by atoms with Crippen LogP contribution < -0.4 is 10.2 Å². The second-order valence-corrected chi connectivity index (χ2v) is 5.95. The van der Waals surface area contributed by atoms with Crippen LogP contribution in [0.4, 0.5) is 10.1 Å². The maximum Gasteiger partial charge on any atom is 0.227 e. The molecule has 1 fully saturated rings. The van der Waals surface area contributed by atoms with E-state index in [0.29, 0.717) is 37.5 Å². The van der Waals surface area contributed by atoms with Gasteiger partial charge in [-0.15, -0.1) is 0 Å². The van der Waals surface area contributed by atoms with Crippen molar-refractivity contribution in [3.63, 3.8) is 0 Å². The monoisotopic (exact) mass is 292 g/mol. The Morgan fingerprint density at radius 2 is 2.05 bits per heavy atom. The van der Waals surface area contributed by atoms with Gasteiger partial charge in [0.15, 0.2) is 0 Å². The summed E-state index contributed by atoms with van der Waals surface area (Å²) in [6.45, 7) is 5.06. The highest BCUT2D eigenvalue weighted by Gasteiger charge is 2.30. The van der Waals surface area contributed by atoms with Crippen molar-refractivity contribution in [3.8, 4) is 0 Å². The van der Waals surface area contributed by atoms with Crippen molar-refractivity contribution in [2.45, 2.75) is 26.7 Å². The van der Waals surface area contributed by atoms with Gasteiger partial charge in [0.05, 0.1) is 0 Å².